The van der Waals surface area contributed by atoms with Crippen LogP contribution in [0.1, 0.15) is 32.6 Å². The molecule has 0 spiro atoms. The van der Waals surface area contributed by atoms with Crippen LogP contribution in [0.4, 0.5) is 18.9 Å². The number of alkyl halides is 3. The molecule has 0 saturated heterocycles. The van der Waals surface area contributed by atoms with Crippen molar-refractivity contribution in [3.05, 3.63) is 94.5 Å². The van der Waals surface area contributed by atoms with Crippen LogP contribution in [0, 0.1) is 0 Å². The Hall–Kier alpha value is -3.81. The average molecular weight is 425 g/mol. The van der Waals surface area contributed by atoms with Crippen molar-refractivity contribution in [1.82, 2.24) is 5.43 Å². The fourth-order valence-corrected chi connectivity index (χ4v) is 3.43. The molecule has 4 rings (SSSR count). The Bertz CT molecular complexity index is 1160. The van der Waals surface area contributed by atoms with E-state index in [1.54, 1.807) is 36.4 Å². The maximum absolute atomic E-state index is 13.0. The number of hydrogen-bond donors (Lipinski definition) is 2. The van der Waals surface area contributed by atoms with Gasteiger partial charge in [-0.15, -0.1) is 0 Å². The Labute approximate surface area is 176 Å². The van der Waals surface area contributed by atoms with Crippen molar-refractivity contribution in [2.75, 3.05) is 4.90 Å². The van der Waals surface area contributed by atoms with Crippen LogP contribution in [0.25, 0.3) is 0 Å². The van der Waals surface area contributed by atoms with Crippen LogP contribution in [-0.2, 0) is 19.3 Å². The Balaban J connectivity index is 1.45. The summed E-state index contributed by atoms with van der Waals surface area (Å²) in [5.74, 6) is -0.309. The van der Waals surface area contributed by atoms with Crippen molar-refractivity contribution >= 4 is 17.8 Å². The predicted molar refractivity (Wildman–Crippen MR) is 111 cm³/mol. The van der Waals surface area contributed by atoms with E-state index in [2.05, 4.69) is 10.5 Å². The average Bonchev–Trinajstić information content (AvgIpc) is 3.17. The predicted octanol–water partition coefficient (Wildman–Crippen LogP) is 4.70. The second kappa shape index (κ2) is 8.14. The molecule has 0 radical (unpaired) electrons. The molecule has 0 unspecified atom stereocenters. The van der Waals surface area contributed by atoms with E-state index in [1.165, 1.54) is 24.4 Å². The minimum atomic E-state index is -4.40. The quantitative estimate of drug-likeness (QED) is 0.471. The second-order valence-electron chi connectivity index (χ2n) is 7.18. The van der Waals surface area contributed by atoms with Crippen molar-refractivity contribution in [1.29, 1.82) is 0 Å². The van der Waals surface area contributed by atoms with Crippen molar-refractivity contribution in [2.45, 2.75) is 19.3 Å². The third-order valence-electron chi connectivity index (χ3n) is 4.98. The number of anilines is 1. The number of phenolic OH excluding ortho intramolecular Hbond substituents is 1. The fourth-order valence-electron chi connectivity index (χ4n) is 3.43. The van der Waals surface area contributed by atoms with Crippen molar-refractivity contribution in [3.8, 4) is 5.75 Å². The van der Waals surface area contributed by atoms with E-state index >= 15 is 0 Å². The number of fused-ring (bicyclic) bond motifs is 1. The number of aromatic hydroxyl groups is 1. The highest BCUT2D eigenvalue weighted by molar-refractivity contribution is 5.95. The van der Waals surface area contributed by atoms with Crippen LogP contribution in [0.3, 0.4) is 0 Å². The summed E-state index contributed by atoms with van der Waals surface area (Å²) >= 11 is 0. The molecule has 1 amide bonds. The summed E-state index contributed by atoms with van der Waals surface area (Å²) in [5.41, 5.74) is 5.09. The number of rotatable bonds is 4. The highest BCUT2D eigenvalue weighted by Gasteiger charge is 2.31. The summed E-state index contributed by atoms with van der Waals surface area (Å²) < 4.78 is 39.0. The minimum absolute atomic E-state index is 0.0965. The van der Waals surface area contributed by atoms with E-state index in [-0.39, 0.29) is 5.75 Å². The molecule has 1 aliphatic heterocycles. The van der Waals surface area contributed by atoms with Gasteiger partial charge >= 0.3 is 6.18 Å². The van der Waals surface area contributed by atoms with Crippen LogP contribution in [0.2, 0.25) is 0 Å². The summed E-state index contributed by atoms with van der Waals surface area (Å²) in [5, 5.41) is 13.3. The molecule has 0 atom stereocenters. The Morgan fingerprint density at radius 2 is 1.77 bits per heavy atom. The fraction of sp³-hybridized carbons (Fsp3) is 0.130. The number of phenols is 1. The topological polar surface area (TPSA) is 64.9 Å². The number of amides is 1. The largest absolute Gasteiger partial charge is 0.508 e. The van der Waals surface area contributed by atoms with Gasteiger partial charge in [-0.3, -0.25) is 4.79 Å². The summed E-state index contributed by atoms with van der Waals surface area (Å²) in [6.45, 7) is 0.874. The first kappa shape index (κ1) is 20.5. The van der Waals surface area contributed by atoms with Crippen molar-refractivity contribution in [3.63, 3.8) is 0 Å². The normalized spacial score (nSPS) is 13.5. The highest BCUT2D eigenvalue weighted by atomic mass is 19.4. The summed E-state index contributed by atoms with van der Waals surface area (Å²) in [4.78, 5) is 14.2. The van der Waals surface area contributed by atoms with E-state index < -0.39 is 17.6 Å². The molecule has 0 fully saturated rings. The van der Waals surface area contributed by atoms with Gasteiger partial charge in [-0.05, 0) is 59.2 Å². The SMILES string of the molecule is O=C(N/N=C/c1cccc(O)c1)c1ccc2c(c1)CN(c1cccc(C(F)(F)F)c1)C2. The molecule has 3 aromatic carbocycles. The van der Waals surface area contributed by atoms with Crippen LogP contribution in [0.15, 0.2) is 71.8 Å². The minimum Gasteiger partial charge on any atom is -0.508 e. The second-order valence-corrected chi connectivity index (χ2v) is 7.18. The smallest absolute Gasteiger partial charge is 0.416 e. The third-order valence-corrected chi connectivity index (χ3v) is 4.98. The first-order valence-electron chi connectivity index (χ1n) is 9.46. The molecule has 0 bridgehead atoms. The van der Waals surface area contributed by atoms with Gasteiger partial charge in [0.05, 0.1) is 11.8 Å². The number of benzene rings is 3. The molecular weight excluding hydrogens is 407 g/mol. The number of hydrogen-bond acceptors (Lipinski definition) is 4. The first-order valence-corrected chi connectivity index (χ1v) is 9.46. The maximum atomic E-state index is 13.0. The number of carbonyl (C=O) groups excluding carboxylic acids is 1. The molecule has 3 aromatic rings. The molecule has 31 heavy (non-hydrogen) atoms. The van der Waals surface area contributed by atoms with E-state index in [9.17, 15) is 23.1 Å². The zero-order chi connectivity index (χ0) is 22.0. The van der Waals surface area contributed by atoms with Crippen LogP contribution in [-0.4, -0.2) is 17.2 Å². The number of hydrazone groups is 1. The Morgan fingerprint density at radius 3 is 2.55 bits per heavy atom. The zero-order valence-corrected chi connectivity index (χ0v) is 16.2. The molecule has 1 heterocycles. The van der Waals surface area contributed by atoms with Crippen molar-refractivity contribution < 1.29 is 23.1 Å². The molecule has 0 aromatic heterocycles. The van der Waals surface area contributed by atoms with E-state index in [1.807, 2.05) is 4.90 Å². The van der Waals surface area contributed by atoms with Gasteiger partial charge in [0.25, 0.3) is 5.91 Å². The lowest BCUT2D eigenvalue weighted by Gasteiger charge is -2.19. The molecule has 2 N–H and O–H groups in total. The van der Waals surface area contributed by atoms with Gasteiger partial charge in [-0.1, -0.05) is 24.3 Å². The molecule has 0 saturated carbocycles. The number of nitrogens with one attached hydrogen (secondary N) is 1. The molecule has 158 valence electrons. The van der Waals surface area contributed by atoms with Gasteiger partial charge in [0.15, 0.2) is 0 Å². The standard InChI is InChI=1S/C23H18F3N3O2/c24-23(25,26)19-4-2-5-20(11-19)29-13-17-8-7-16(10-18(17)14-29)22(31)28-27-12-15-3-1-6-21(30)9-15/h1-12,30H,13-14H2,(H,28,31)/b27-12+. The summed E-state index contributed by atoms with van der Waals surface area (Å²) in [7, 11) is 0. The zero-order valence-electron chi connectivity index (χ0n) is 16.2. The van der Waals surface area contributed by atoms with Gasteiger partial charge in [0.1, 0.15) is 5.75 Å². The number of carbonyl (C=O) groups is 1. The highest BCUT2D eigenvalue weighted by Crippen LogP contribution is 2.34. The monoisotopic (exact) mass is 425 g/mol. The van der Waals surface area contributed by atoms with E-state index in [0.717, 1.165) is 23.3 Å². The van der Waals surface area contributed by atoms with Gasteiger partial charge in [0, 0.05) is 24.3 Å². The molecule has 1 aliphatic rings. The number of halogens is 3. The van der Waals surface area contributed by atoms with Gasteiger partial charge in [-0.25, -0.2) is 5.43 Å². The molecule has 0 aliphatic carbocycles. The maximum Gasteiger partial charge on any atom is 0.416 e. The van der Waals surface area contributed by atoms with Crippen LogP contribution >= 0.6 is 0 Å². The lowest BCUT2D eigenvalue weighted by Crippen LogP contribution is -2.18. The van der Waals surface area contributed by atoms with E-state index in [0.29, 0.717) is 29.9 Å². The van der Waals surface area contributed by atoms with Crippen molar-refractivity contribution in [2.24, 2.45) is 5.10 Å². The summed E-state index contributed by atoms with van der Waals surface area (Å²) in [6, 6.07) is 16.8. The molecule has 5 nitrogen and oxygen atoms in total. The van der Waals surface area contributed by atoms with Gasteiger partial charge in [-0.2, -0.15) is 18.3 Å². The van der Waals surface area contributed by atoms with E-state index in [4.69, 9.17) is 0 Å². The third kappa shape index (κ3) is 4.69. The van der Waals surface area contributed by atoms with Crippen LogP contribution < -0.4 is 10.3 Å². The Morgan fingerprint density at radius 1 is 1.00 bits per heavy atom. The lowest BCUT2D eigenvalue weighted by molar-refractivity contribution is -0.137. The molecule has 8 heteroatoms. The summed E-state index contributed by atoms with van der Waals surface area (Å²) in [6.07, 6.45) is -2.98. The number of nitrogens with zero attached hydrogens (tertiary/aromatic N) is 2. The van der Waals surface area contributed by atoms with Gasteiger partial charge in [0.2, 0.25) is 0 Å². The Kier molecular flexibility index (Phi) is 5.37. The lowest BCUT2D eigenvalue weighted by atomic mass is 10.1. The molecular formula is C23H18F3N3O2. The first-order chi connectivity index (χ1) is 14.8. The van der Waals surface area contributed by atoms with Crippen LogP contribution in [0.5, 0.6) is 5.75 Å². The van der Waals surface area contributed by atoms with Gasteiger partial charge < -0.3 is 10.0 Å².